The van der Waals surface area contributed by atoms with E-state index in [9.17, 15) is 9.59 Å². The van der Waals surface area contributed by atoms with Crippen molar-refractivity contribution in [2.75, 3.05) is 13.2 Å². The molecule has 0 aromatic carbocycles. The number of allylic oxidation sites excluding steroid dienone is 1. The van der Waals surface area contributed by atoms with Crippen LogP contribution in [0.1, 0.15) is 59.3 Å². The molecule has 0 bridgehead atoms. The van der Waals surface area contributed by atoms with Gasteiger partial charge in [-0.1, -0.05) is 32.6 Å². The SMILES string of the molecule is CCCCCCC/C(OC(C)=O)=C1/COCC1OC(C)=O. The number of hydrogen-bond donors (Lipinski definition) is 0. The summed E-state index contributed by atoms with van der Waals surface area (Å²) >= 11 is 0. The molecule has 1 aliphatic rings. The van der Waals surface area contributed by atoms with Crippen LogP contribution in [-0.4, -0.2) is 31.3 Å². The van der Waals surface area contributed by atoms with E-state index in [4.69, 9.17) is 14.2 Å². The average Bonchev–Trinajstić information content (AvgIpc) is 2.84. The lowest BCUT2D eigenvalue weighted by Gasteiger charge is -2.15. The van der Waals surface area contributed by atoms with Gasteiger partial charge in [0.1, 0.15) is 5.76 Å². The molecule has 5 nitrogen and oxygen atoms in total. The number of unbranched alkanes of at least 4 members (excludes halogenated alkanes) is 4. The minimum atomic E-state index is -0.424. The van der Waals surface area contributed by atoms with Gasteiger partial charge >= 0.3 is 11.9 Å². The predicted molar refractivity (Wildman–Crippen MR) is 78.5 cm³/mol. The fourth-order valence-corrected chi connectivity index (χ4v) is 2.37. The first kappa shape index (κ1) is 17.7. The molecule has 0 aromatic heterocycles. The normalized spacial score (nSPS) is 20.2. The van der Waals surface area contributed by atoms with Crippen LogP contribution in [0.5, 0.6) is 0 Å². The molecule has 0 saturated carbocycles. The summed E-state index contributed by atoms with van der Waals surface area (Å²) in [6, 6.07) is 0. The average molecular weight is 298 g/mol. The number of carbonyl (C=O) groups is 2. The zero-order chi connectivity index (χ0) is 15.7. The molecule has 1 atom stereocenters. The highest BCUT2D eigenvalue weighted by molar-refractivity contribution is 5.68. The van der Waals surface area contributed by atoms with Gasteiger partial charge in [0.2, 0.25) is 0 Å². The van der Waals surface area contributed by atoms with Crippen LogP contribution in [-0.2, 0) is 23.8 Å². The van der Waals surface area contributed by atoms with Crippen molar-refractivity contribution in [2.45, 2.75) is 65.4 Å². The van der Waals surface area contributed by atoms with Gasteiger partial charge < -0.3 is 14.2 Å². The number of esters is 2. The van der Waals surface area contributed by atoms with E-state index in [1.165, 1.54) is 33.1 Å². The maximum Gasteiger partial charge on any atom is 0.307 e. The minimum Gasteiger partial charge on any atom is -0.455 e. The van der Waals surface area contributed by atoms with Gasteiger partial charge in [0, 0.05) is 25.8 Å². The van der Waals surface area contributed by atoms with Gasteiger partial charge in [-0.25, -0.2) is 0 Å². The highest BCUT2D eigenvalue weighted by Gasteiger charge is 2.29. The summed E-state index contributed by atoms with van der Waals surface area (Å²) in [7, 11) is 0. The summed E-state index contributed by atoms with van der Waals surface area (Å²) in [6.07, 6.45) is 5.92. The van der Waals surface area contributed by atoms with Crippen LogP contribution in [0.2, 0.25) is 0 Å². The van der Waals surface area contributed by atoms with Gasteiger partial charge in [-0.15, -0.1) is 0 Å². The Hall–Kier alpha value is -1.36. The second-order valence-corrected chi connectivity index (χ2v) is 5.32. The van der Waals surface area contributed by atoms with Crippen molar-refractivity contribution in [3.05, 3.63) is 11.3 Å². The summed E-state index contributed by atoms with van der Waals surface area (Å²) in [4.78, 5) is 22.4. The molecule has 0 aromatic rings. The first-order chi connectivity index (χ1) is 10.0. The van der Waals surface area contributed by atoms with E-state index in [0.717, 1.165) is 18.4 Å². The van der Waals surface area contributed by atoms with Crippen molar-refractivity contribution in [3.8, 4) is 0 Å². The quantitative estimate of drug-likeness (QED) is 0.391. The monoisotopic (exact) mass is 298 g/mol. The highest BCUT2D eigenvalue weighted by Crippen LogP contribution is 2.25. The fourth-order valence-electron chi connectivity index (χ4n) is 2.37. The van der Waals surface area contributed by atoms with Crippen molar-refractivity contribution in [1.29, 1.82) is 0 Å². The van der Waals surface area contributed by atoms with Crippen LogP contribution in [0.3, 0.4) is 0 Å². The van der Waals surface area contributed by atoms with Crippen LogP contribution >= 0.6 is 0 Å². The van der Waals surface area contributed by atoms with Crippen LogP contribution in [0, 0.1) is 0 Å². The molecule has 1 rings (SSSR count). The third-order valence-corrected chi connectivity index (χ3v) is 3.36. The Kier molecular flexibility index (Phi) is 8.05. The molecule has 0 amide bonds. The Balaban J connectivity index is 2.66. The first-order valence-corrected chi connectivity index (χ1v) is 7.69. The predicted octanol–water partition coefficient (Wildman–Crippen LogP) is 3.13. The van der Waals surface area contributed by atoms with Gasteiger partial charge in [0.25, 0.3) is 0 Å². The van der Waals surface area contributed by atoms with Crippen LogP contribution in [0.4, 0.5) is 0 Å². The van der Waals surface area contributed by atoms with Gasteiger partial charge in [-0.2, -0.15) is 0 Å². The van der Waals surface area contributed by atoms with Gasteiger partial charge in [0.05, 0.1) is 13.2 Å². The molecule has 1 fully saturated rings. The second kappa shape index (κ2) is 9.55. The molecule has 120 valence electrons. The minimum absolute atomic E-state index is 0.329. The number of carbonyl (C=O) groups excluding carboxylic acids is 2. The number of hydrogen-bond acceptors (Lipinski definition) is 5. The molecule has 0 aliphatic carbocycles. The number of rotatable bonds is 8. The molecule has 0 spiro atoms. The van der Waals surface area contributed by atoms with E-state index >= 15 is 0 Å². The Bertz CT molecular complexity index is 386. The van der Waals surface area contributed by atoms with Crippen LogP contribution in [0.15, 0.2) is 11.3 Å². The van der Waals surface area contributed by atoms with Crippen molar-refractivity contribution in [1.82, 2.24) is 0 Å². The molecule has 0 radical (unpaired) electrons. The molecule has 0 N–H and O–H groups in total. The van der Waals surface area contributed by atoms with E-state index in [1.54, 1.807) is 0 Å². The van der Waals surface area contributed by atoms with Crippen molar-refractivity contribution < 1.29 is 23.8 Å². The van der Waals surface area contributed by atoms with Crippen molar-refractivity contribution >= 4 is 11.9 Å². The second-order valence-electron chi connectivity index (χ2n) is 5.32. The lowest BCUT2D eigenvalue weighted by Crippen LogP contribution is -2.20. The summed E-state index contributed by atoms with van der Waals surface area (Å²) in [5, 5.41) is 0. The molecule has 1 saturated heterocycles. The molecule has 1 aliphatic heterocycles. The molecule has 5 heteroatoms. The third kappa shape index (κ3) is 6.76. The van der Waals surface area contributed by atoms with E-state index in [-0.39, 0.29) is 11.9 Å². The molecule has 21 heavy (non-hydrogen) atoms. The summed E-state index contributed by atoms with van der Waals surface area (Å²) in [5.41, 5.74) is 0.788. The Morgan fingerprint density at radius 3 is 2.48 bits per heavy atom. The maximum absolute atomic E-state index is 11.3. The maximum atomic E-state index is 11.3. The van der Waals surface area contributed by atoms with Crippen LogP contribution in [0.25, 0.3) is 0 Å². The van der Waals surface area contributed by atoms with Crippen molar-refractivity contribution in [3.63, 3.8) is 0 Å². The van der Waals surface area contributed by atoms with Crippen molar-refractivity contribution in [2.24, 2.45) is 0 Å². The molecule has 1 heterocycles. The Labute approximate surface area is 126 Å². The standard InChI is InChI=1S/C16H26O5/c1-4-5-6-7-8-9-15(20-12(2)17)14-10-19-11-16(14)21-13(3)18/h16H,4-11H2,1-3H3/b15-14+. The van der Waals surface area contributed by atoms with Gasteiger partial charge in [-0.05, 0) is 6.42 Å². The van der Waals surface area contributed by atoms with Gasteiger partial charge in [-0.3, -0.25) is 9.59 Å². The summed E-state index contributed by atoms with van der Waals surface area (Å²) in [6.45, 7) is 5.61. The highest BCUT2D eigenvalue weighted by atomic mass is 16.6. The number of ether oxygens (including phenoxy) is 3. The largest absolute Gasteiger partial charge is 0.455 e. The lowest BCUT2D eigenvalue weighted by atomic mass is 10.1. The summed E-state index contributed by atoms with van der Waals surface area (Å²) in [5.74, 6) is -0.0876. The zero-order valence-corrected chi connectivity index (χ0v) is 13.3. The fraction of sp³-hybridized carbons (Fsp3) is 0.750. The first-order valence-electron chi connectivity index (χ1n) is 7.69. The zero-order valence-electron chi connectivity index (χ0n) is 13.3. The van der Waals surface area contributed by atoms with Crippen LogP contribution < -0.4 is 0 Å². The van der Waals surface area contributed by atoms with E-state index in [1.807, 2.05) is 0 Å². The smallest absolute Gasteiger partial charge is 0.307 e. The van der Waals surface area contributed by atoms with E-state index < -0.39 is 6.10 Å². The topological polar surface area (TPSA) is 61.8 Å². The van der Waals surface area contributed by atoms with E-state index in [0.29, 0.717) is 25.4 Å². The summed E-state index contributed by atoms with van der Waals surface area (Å²) < 4.78 is 15.9. The van der Waals surface area contributed by atoms with Gasteiger partial charge in [0.15, 0.2) is 6.10 Å². The lowest BCUT2D eigenvalue weighted by molar-refractivity contribution is -0.145. The molecular weight excluding hydrogens is 272 g/mol. The Morgan fingerprint density at radius 1 is 1.14 bits per heavy atom. The molecule has 1 unspecified atom stereocenters. The van der Waals surface area contributed by atoms with E-state index in [2.05, 4.69) is 6.92 Å². The third-order valence-electron chi connectivity index (χ3n) is 3.36. The molecular formula is C16H26O5. The Morgan fingerprint density at radius 2 is 1.86 bits per heavy atom.